The molecule has 4 nitrogen and oxygen atoms in total. The average Bonchev–Trinajstić information content (AvgIpc) is 2.21. The van der Waals surface area contributed by atoms with Crippen molar-refractivity contribution in [3.05, 3.63) is 22.7 Å². The van der Waals surface area contributed by atoms with Crippen LogP contribution in [0, 0.1) is 0 Å². The third-order valence-electron chi connectivity index (χ3n) is 1.85. The third-order valence-corrected chi connectivity index (χ3v) is 2.47. The Morgan fingerprint density at radius 3 is 3.07 bits per heavy atom. The molecule has 1 aromatic rings. The van der Waals surface area contributed by atoms with Crippen LogP contribution in [0.25, 0.3) is 0 Å². The topological polar surface area (TPSA) is 46.9 Å². The van der Waals surface area contributed by atoms with Crippen molar-refractivity contribution in [1.29, 1.82) is 0 Å². The predicted octanol–water partition coefficient (Wildman–Crippen LogP) is 1.04. The smallest absolute Gasteiger partial charge is 0.293 e. The summed E-state index contributed by atoms with van der Waals surface area (Å²) >= 11 is 1.74. The van der Waals surface area contributed by atoms with Gasteiger partial charge in [-0.05, 0) is 13.2 Å². The van der Waals surface area contributed by atoms with Crippen molar-refractivity contribution in [2.45, 2.75) is 13.5 Å². The summed E-state index contributed by atoms with van der Waals surface area (Å²) in [7, 11) is 0. The molecular formula is C9H15N3OS. The third kappa shape index (κ3) is 2.77. The molecule has 0 unspecified atom stereocenters. The van der Waals surface area contributed by atoms with Crippen LogP contribution >= 0.6 is 11.8 Å². The Labute approximate surface area is 87.7 Å². The zero-order chi connectivity index (χ0) is 10.4. The fourth-order valence-electron chi connectivity index (χ4n) is 1.09. The van der Waals surface area contributed by atoms with Crippen LogP contribution in [0.4, 0.5) is 5.82 Å². The van der Waals surface area contributed by atoms with E-state index in [4.69, 9.17) is 0 Å². The molecular weight excluding hydrogens is 198 g/mol. The molecule has 0 saturated heterocycles. The molecule has 5 heteroatoms. The van der Waals surface area contributed by atoms with E-state index in [0.29, 0.717) is 12.4 Å². The van der Waals surface area contributed by atoms with Gasteiger partial charge in [0.15, 0.2) is 5.82 Å². The molecule has 1 rings (SSSR count). The molecule has 1 N–H and O–H groups in total. The summed E-state index contributed by atoms with van der Waals surface area (Å²) in [6.07, 6.45) is 5.37. The molecule has 0 spiro atoms. The molecule has 0 bridgehead atoms. The van der Waals surface area contributed by atoms with Crippen molar-refractivity contribution in [2.75, 3.05) is 23.9 Å². The largest absolute Gasteiger partial charge is 0.365 e. The highest BCUT2D eigenvalue weighted by Gasteiger charge is 2.01. The maximum absolute atomic E-state index is 11.6. The van der Waals surface area contributed by atoms with Crippen LogP contribution < -0.4 is 10.9 Å². The number of anilines is 1. The highest BCUT2D eigenvalue weighted by atomic mass is 32.2. The van der Waals surface area contributed by atoms with Gasteiger partial charge in [0.25, 0.3) is 5.56 Å². The van der Waals surface area contributed by atoms with Crippen LogP contribution in [0.1, 0.15) is 6.92 Å². The van der Waals surface area contributed by atoms with E-state index in [2.05, 4.69) is 10.3 Å². The maximum Gasteiger partial charge on any atom is 0.293 e. The van der Waals surface area contributed by atoms with Crippen molar-refractivity contribution in [2.24, 2.45) is 0 Å². The first kappa shape index (κ1) is 11.1. The Kier molecular flexibility index (Phi) is 4.52. The summed E-state index contributed by atoms with van der Waals surface area (Å²) < 4.78 is 1.63. The van der Waals surface area contributed by atoms with Gasteiger partial charge in [-0.15, -0.1) is 0 Å². The Morgan fingerprint density at radius 2 is 2.43 bits per heavy atom. The Balaban J connectivity index is 2.72. The second kappa shape index (κ2) is 5.70. The molecule has 0 fully saturated rings. The van der Waals surface area contributed by atoms with E-state index in [0.717, 1.165) is 12.3 Å². The summed E-state index contributed by atoms with van der Waals surface area (Å²) in [4.78, 5) is 15.6. The quantitative estimate of drug-likeness (QED) is 0.742. The van der Waals surface area contributed by atoms with Gasteiger partial charge in [0, 0.05) is 31.2 Å². The summed E-state index contributed by atoms with van der Waals surface area (Å²) in [6.45, 7) is 3.39. The van der Waals surface area contributed by atoms with E-state index in [1.54, 1.807) is 28.7 Å². The van der Waals surface area contributed by atoms with Gasteiger partial charge >= 0.3 is 0 Å². The maximum atomic E-state index is 11.6. The van der Waals surface area contributed by atoms with Crippen molar-refractivity contribution >= 4 is 17.6 Å². The average molecular weight is 213 g/mol. The second-order valence-electron chi connectivity index (χ2n) is 2.79. The Bertz CT molecular complexity index is 337. The van der Waals surface area contributed by atoms with E-state index in [9.17, 15) is 4.79 Å². The minimum Gasteiger partial charge on any atom is -0.365 e. The van der Waals surface area contributed by atoms with Crippen LogP contribution in [0.15, 0.2) is 17.2 Å². The van der Waals surface area contributed by atoms with Crippen LogP contribution in [-0.4, -0.2) is 28.1 Å². The number of nitrogens with zero attached hydrogens (tertiary/aromatic N) is 2. The SMILES string of the molecule is CCn1ccnc(NCCSC)c1=O. The normalized spacial score (nSPS) is 10.1. The lowest BCUT2D eigenvalue weighted by Gasteiger charge is -2.06. The summed E-state index contributed by atoms with van der Waals surface area (Å²) in [6, 6.07) is 0. The van der Waals surface area contributed by atoms with E-state index in [1.807, 2.05) is 13.2 Å². The minimum atomic E-state index is -0.0453. The van der Waals surface area contributed by atoms with Gasteiger partial charge in [-0.3, -0.25) is 4.79 Å². The second-order valence-corrected chi connectivity index (χ2v) is 3.77. The van der Waals surface area contributed by atoms with E-state index >= 15 is 0 Å². The lowest BCUT2D eigenvalue weighted by atomic mass is 10.5. The van der Waals surface area contributed by atoms with E-state index < -0.39 is 0 Å². The van der Waals surface area contributed by atoms with Crippen molar-refractivity contribution in [1.82, 2.24) is 9.55 Å². The first-order chi connectivity index (χ1) is 6.79. The summed E-state index contributed by atoms with van der Waals surface area (Å²) in [5.74, 6) is 1.42. The van der Waals surface area contributed by atoms with E-state index in [-0.39, 0.29) is 5.56 Å². The molecule has 0 saturated carbocycles. The number of aryl methyl sites for hydroxylation is 1. The van der Waals surface area contributed by atoms with Gasteiger partial charge in [-0.1, -0.05) is 0 Å². The Morgan fingerprint density at radius 1 is 1.64 bits per heavy atom. The zero-order valence-electron chi connectivity index (χ0n) is 8.49. The summed E-state index contributed by atoms with van der Waals surface area (Å²) in [5, 5.41) is 3.02. The van der Waals surface area contributed by atoms with Gasteiger partial charge < -0.3 is 9.88 Å². The highest BCUT2D eigenvalue weighted by molar-refractivity contribution is 7.98. The van der Waals surface area contributed by atoms with Crippen molar-refractivity contribution in [3.63, 3.8) is 0 Å². The fraction of sp³-hybridized carbons (Fsp3) is 0.556. The molecule has 0 radical (unpaired) electrons. The molecule has 0 aromatic carbocycles. The molecule has 0 atom stereocenters. The van der Waals surface area contributed by atoms with Crippen LogP contribution in [0.3, 0.4) is 0 Å². The van der Waals surface area contributed by atoms with E-state index in [1.165, 1.54) is 0 Å². The highest BCUT2D eigenvalue weighted by Crippen LogP contribution is 1.95. The Hall–Kier alpha value is -0.970. The molecule has 14 heavy (non-hydrogen) atoms. The number of thioether (sulfide) groups is 1. The first-order valence-electron chi connectivity index (χ1n) is 4.57. The molecule has 78 valence electrons. The van der Waals surface area contributed by atoms with Gasteiger partial charge in [-0.2, -0.15) is 11.8 Å². The molecule has 1 heterocycles. The number of nitrogens with one attached hydrogen (secondary N) is 1. The van der Waals surface area contributed by atoms with Crippen molar-refractivity contribution in [3.8, 4) is 0 Å². The molecule has 1 aromatic heterocycles. The number of hydrogen-bond acceptors (Lipinski definition) is 4. The van der Waals surface area contributed by atoms with Gasteiger partial charge in [0.2, 0.25) is 0 Å². The number of hydrogen-bond donors (Lipinski definition) is 1. The standard InChI is InChI=1S/C9H15N3OS/c1-3-12-6-4-10-8(9(12)13)11-5-7-14-2/h4,6H,3,5,7H2,1-2H3,(H,10,11). The van der Waals surface area contributed by atoms with Crippen LogP contribution in [-0.2, 0) is 6.54 Å². The lowest BCUT2D eigenvalue weighted by Crippen LogP contribution is -2.24. The first-order valence-corrected chi connectivity index (χ1v) is 5.97. The number of rotatable bonds is 5. The van der Waals surface area contributed by atoms with Gasteiger partial charge in [0.1, 0.15) is 0 Å². The molecule has 0 amide bonds. The van der Waals surface area contributed by atoms with Crippen LogP contribution in [0.2, 0.25) is 0 Å². The monoisotopic (exact) mass is 213 g/mol. The fourth-order valence-corrected chi connectivity index (χ4v) is 1.40. The summed E-state index contributed by atoms with van der Waals surface area (Å²) in [5.41, 5.74) is -0.0453. The zero-order valence-corrected chi connectivity index (χ0v) is 9.30. The van der Waals surface area contributed by atoms with Crippen molar-refractivity contribution < 1.29 is 0 Å². The number of aromatic nitrogens is 2. The van der Waals surface area contributed by atoms with Gasteiger partial charge in [0.05, 0.1) is 0 Å². The predicted molar refractivity (Wildman–Crippen MR) is 61.0 cm³/mol. The minimum absolute atomic E-state index is 0.0453. The van der Waals surface area contributed by atoms with Gasteiger partial charge in [-0.25, -0.2) is 4.98 Å². The lowest BCUT2D eigenvalue weighted by molar-refractivity contribution is 0.719. The van der Waals surface area contributed by atoms with Crippen LogP contribution in [0.5, 0.6) is 0 Å². The molecule has 0 aliphatic carbocycles. The molecule has 0 aliphatic heterocycles. The molecule has 0 aliphatic rings.